The lowest BCUT2D eigenvalue weighted by atomic mass is 10.2. The fourth-order valence-corrected chi connectivity index (χ4v) is 3.39. The fraction of sp³-hybridized carbons (Fsp3) is 0.154. The van der Waals surface area contributed by atoms with Crippen LogP contribution in [0.15, 0.2) is 40.6 Å². The third-order valence-corrected chi connectivity index (χ3v) is 4.98. The predicted octanol–water partition coefficient (Wildman–Crippen LogP) is 1.72. The summed E-state index contributed by atoms with van der Waals surface area (Å²) in [4.78, 5) is 12.2. The summed E-state index contributed by atoms with van der Waals surface area (Å²) in [7, 11) is -2.63. The molecule has 0 saturated heterocycles. The van der Waals surface area contributed by atoms with Crippen molar-refractivity contribution >= 4 is 27.3 Å². The number of phenolic OH excluding ortho intramolecular Hbond substituents is 1. The highest BCUT2D eigenvalue weighted by atomic mass is 32.2. The molecule has 1 heterocycles. The summed E-state index contributed by atoms with van der Waals surface area (Å²) in [6, 6.07) is 7.08. The van der Waals surface area contributed by atoms with E-state index in [1.807, 2.05) is 17.5 Å². The van der Waals surface area contributed by atoms with Crippen molar-refractivity contribution in [3.8, 4) is 5.75 Å². The van der Waals surface area contributed by atoms with Crippen LogP contribution in [0.4, 0.5) is 0 Å². The van der Waals surface area contributed by atoms with Crippen LogP contribution in [-0.4, -0.2) is 26.6 Å². The average molecular weight is 327 g/mol. The Hall–Kier alpha value is -1.90. The van der Waals surface area contributed by atoms with Gasteiger partial charge in [0.25, 0.3) is 0 Å². The number of carbonyl (C=O) groups is 1. The molecule has 21 heavy (non-hydrogen) atoms. The number of carbonyl (C=O) groups excluding carboxylic acids is 1. The zero-order chi connectivity index (χ0) is 15.5. The number of rotatable bonds is 5. The maximum atomic E-state index is 12.2. The highest BCUT2D eigenvalue weighted by Gasteiger charge is 2.19. The van der Waals surface area contributed by atoms with E-state index in [1.54, 1.807) is 0 Å². The van der Waals surface area contributed by atoms with Gasteiger partial charge in [0, 0.05) is 11.4 Å². The molecule has 6 nitrogen and oxygen atoms in total. The lowest BCUT2D eigenvalue weighted by molar-refractivity contribution is 0.0597. The van der Waals surface area contributed by atoms with Crippen LogP contribution >= 0.6 is 11.3 Å². The molecule has 0 aliphatic rings. The van der Waals surface area contributed by atoms with Gasteiger partial charge in [0.15, 0.2) is 0 Å². The first kappa shape index (κ1) is 15.5. The molecule has 0 aliphatic heterocycles. The topological polar surface area (TPSA) is 92.7 Å². The number of hydrogen-bond acceptors (Lipinski definition) is 6. The fourth-order valence-electron chi connectivity index (χ4n) is 1.62. The zero-order valence-corrected chi connectivity index (χ0v) is 12.7. The van der Waals surface area contributed by atoms with Crippen molar-refractivity contribution in [1.29, 1.82) is 0 Å². The van der Waals surface area contributed by atoms with Gasteiger partial charge in [-0.2, -0.15) is 0 Å². The van der Waals surface area contributed by atoms with Gasteiger partial charge < -0.3 is 9.84 Å². The van der Waals surface area contributed by atoms with E-state index in [0.717, 1.165) is 24.1 Å². The van der Waals surface area contributed by atoms with E-state index >= 15 is 0 Å². The Kier molecular flexibility index (Phi) is 4.61. The summed E-state index contributed by atoms with van der Waals surface area (Å²) in [5.74, 6) is -1.14. The average Bonchev–Trinajstić information content (AvgIpc) is 2.98. The minimum absolute atomic E-state index is 0.114. The highest BCUT2D eigenvalue weighted by molar-refractivity contribution is 7.89. The number of thiophene rings is 1. The third kappa shape index (κ3) is 3.60. The minimum Gasteiger partial charge on any atom is -0.507 e. The van der Waals surface area contributed by atoms with Crippen LogP contribution in [0.5, 0.6) is 5.75 Å². The number of nitrogens with one attached hydrogen (secondary N) is 1. The van der Waals surface area contributed by atoms with Crippen molar-refractivity contribution in [3.05, 3.63) is 46.2 Å². The Bertz CT molecular complexity index is 738. The van der Waals surface area contributed by atoms with Crippen molar-refractivity contribution in [2.75, 3.05) is 7.11 Å². The van der Waals surface area contributed by atoms with Gasteiger partial charge in [0.1, 0.15) is 11.3 Å². The van der Waals surface area contributed by atoms with Crippen LogP contribution in [0.1, 0.15) is 15.2 Å². The number of esters is 1. The Morgan fingerprint density at radius 2 is 2.14 bits per heavy atom. The summed E-state index contributed by atoms with van der Waals surface area (Å²) in [6.07, 6.45) is 0. The summed E-state index contributed by atoms with van der Waals surface area (Å²) >= 11 is 1.43. The standard InChI is InChI=1S/C13H13NO5S2/c1-19-13(16)11-7-10(4-5-12(11)15)21(17,18)14-8-9-3-2-6-20-9/h2-7,14-15H,8H2,1H3. The molecule has 112 valence electrons. The highest BCUT2D eigenvalue weighted by Crippen LogP contribution is 2.22. The first-order valence-electron chi connectivity index (χ1n) is 5.87. The van der Waals surface area contributed by atoms with E-state index in [9.17, 15) is 18.3 Å². The molecule has 2 aromatic rings. The summed E-state index contributed by atoms with van der Waals surface area (Å²) in [5.41, 5.74) is -0.198. The van der Waals surface area contributed by atoms with E-state index in [4.69, 9.17) is 0 Å². The Morgan fingerprint density at radius 3 is 2.76 bits per heavy atom. The molecule has 0 amide bonds. The van der Waals surface area contributed by atoms with Gasteiger partial charge in [-0.3, -0.25) is 0 Å². The van der Waals surface area contributed by atoms with E-state index in [2.05, 4.69) is 9.46 Å². The van der Waals surface area contributed by atoms with E-state index < -0.39 is 16.0 Å². The first-order chi connectivity index (χ1) is 9.94. The number of ether oxygens (including phenoxy) is 1. The molecule has 0 fully saturated rings. The molecule has 0 spiro atoms. The summed E-state index contributed by atoms with van der Waals surface area (Å²) < 4.78 is 31.2. The summed E-state index contributed by atoms with van der Waals surface area (Å²) in [5, 5.41) is 11.4. The number of sulfonamides is 1. The van der Waals surface area contributed by atoms with Crippen molar-refractivity contribution in [3.63, 3.8) is 0 Å². The first-order valence-corrected chi connectivity index (χ1v) is 8.23. The second kappa shape index (κ2) is 6.25. The molecule has 0 atom stereocenters. The maximum Gasteiger partial charge on any atom is 0.341 e. The number of phenols is 1. The van der Waals surface area contributed by atoms with Crippen LogP contribution in [0, 0.1) is 0 Å². The van der Waals surface area contributed by atoms with E-state index in [-0.39, 0.29) is 22.8 Å². The monoisotopic (exact) mass is 327 g/mol. The van der Waals surface area contributed by atoms with Gasteiger partial charge >= 0.3 is 5.97 Å². The van der Waals surface area contributed by atoms with Crippen molar-refractivity contribution in [2.45, 2.75) is 11.4 Å². The lowest BCUT2D eigenvalue weighted by Gasteiger charge is -2.08. The molecule has 0 radical (unpaired) electrons. The number of benzene rings is 1. The molecule has 0 saturated carbocycles. The SMILES string of the molecule is COC(=O)c1cc(S(=O)(=O)NCc2cccs2)ccc1O. The van der Waals surface area contributed by atoms with Crippen LogP contribution in [0.3, 0.4) is 0 Å². The van der Waals surface area contributed by atoms with Crippen molar-refractivity contribution in [2.24, 2.45) is 0 Å². The smallest absolute Gasteiger partial charge is 0.341 e. The van der Waals surface area contributed by atoms with Gasteiger partial charge in [-0.25, -0.2) is 17.9 Å². The molecular weight excluding hydrogens is 314 g/mol. The third-order valence-electron chi connectivity index (χ3n) is 2.70. The normalized spacial score (nSPS) is 11.3. The maximum absolute atomic E-state index is 12.2. The van der Waals surface area contributed by atoms with Crippen LogP contribution in [0.25, 0.3) is 0 Å². The van der Waals surface area contributed by atoms with Gasteiger partial charge in [0.2, 0.25) is 10.0 Å². The summed E-state index contributed by atoms with van der Waals surface area (Å²) in [6.45, 7) is 0.161. The minimum atomic E-state index is -3.78. The molecule has 0 bridgehead atoms. The largest absolute Gasteiger partial charge is 0.507 e. The molecule has 1 aromatic heterocycles. The van der Waals surface area contributed by atoms with Crippen molar-refractivity contribution in [1.82, 2.24) is 4.72 Å². The van der Waals surface area contributed by atoms with E-state index in [0.29, 0.717) is 0 Å². The van der Waals surface area contributed by atoms with Gasteiger partial charge in [0.05, 0.1) is 12.0 Å². The predicted molar refractivity (Wildman–Crippen MR) is 77.8 cm³/mol. The molecule has 8 heteroatoms. The van der Waals surface area contributed by atoms with Gasteiger partial charge in [-0.05, 0) is 29.6 Å². The molecule has 0 unspecified atom stereocenters. The molecule has 2 rings (SSSR count). The second-order valence-corrected chi connectivity index (χ2v) is 6.87. The van der Waals surface area contributed by atoms with Gasteiger partial charge in [-0.1, -0.05) is 6.07 Å². The van der Waals surface area contributed by atoms with Gasteiger partial charge in [-0.15, -0.1) is 11.3 Å². The molecular formula is C13H13NO5S2. The number of methoxy groups -OCH3 is 1. The zero-order valence-electron chi connectivity index (χ0n) is 11.1. The van der Waals surface area contributed by atoms with E-state index in [1.165, 1.54) is 17.4 Å². The van der Waals surface area contributed by atoms with Crippen molar-refractivity contribution < 1.29 is 23.1 Å². The molecule has 1 aromatic carbocycles. The Morgan fingerprint density at radius 1 is 1.38 bits per heavy atom. The van der Waals surface area contributed by atoms with Crippen LogP contribution in [-0.2, 0) is 21.3 Å². The quantitative estimate of drug-likeness (QED) is 0.816. The van der Waals surface area contributed by atoms with Crippen LogP contribution in [0.2, 0.25) is 0 Å². The van der Waals surface area contributed by atoms with Crippen LogP contribution < -0.4 is 4.72 Å². The second-order valence-electron chi connectivity index (χ2n) is 4.07. The lowest BCUT2D eigenvalue weighted by Crippen LogP contribution is -2.23. The Labute approximate surface area is 126 Å². The number of hydrogen-bond donors (Lipinski definition) is 2. The Balaban J connectivity index is 2.25. The molecule has 2 N–H and O–H groups in total. The molecule has 0 aliphatic carbocycles. The number of aromatic hydroxyl groups is 1.